The first-order valence-corrected chi connectivity index (χ1v) is 12.8. The molecule has 0 aliphatic carbocycles. The molecule has 0 bridgehead atoms. The van der Waals surface area contributed by atoms with Gasteiger partial charge in [-0.2, -0.15) is 0 Å². The Morgan fingerprint density at radius 2 is 1.92 bits per heavy atom. The summed E-state index contributed by atoms with van der Waals surface area (Å²) in [6, 6.07) is 13.7. The van der Waals surface area contributed by atoms with Crippen molar-refractivity contribution in [2.75, 3.05) is 37.9 Å². The minimum absolute atomic E-state index is 0.267. The molecule has 200 valence electrons. The first kappa shape index (κ1) is 27.7. The van der Waals surface area contributed by atoms with E-state index in [1.807, 2.05) is 14.1 Å². The maximum Gasteiger partial charge on any atom is 0.247 e. The molecule has 0 spiro atoms. The largest absolute Gasteiger partial charge is 0.491 e. The van der Waals surface area contributed by atoms with Crippen LogP contribution in [0.15, 0.2) is 73.7 Å². The number of hydrogen-bond donors (Lipinski definition) is 2. The second-order valence-corrected chi connectivity index (χ2v) is 9.41. The molecule has 0 saturated heterocycles. The van der Waals surface area contributed by atoms with Crippen molar-refractivity contribution < 1.29 is 14.3 Å². The van der Waals surface area contributed by atoms with Crippen LogP contribution in [0, 0.1) is 0 Å². The number of benzene rings is 2. The van der Waals surface area contributed by atoms with E-state index in [2.05, 4.69) is 37.1 Å². The number of hydrogen-bond acceptors (Lipinski definition) is 8. The highest BCUT2D eigenvalue weighted by molar-refractivity contribution is 6.35. The highest BCUT2D eigenvalue weighted by atomic mass is 35.5. The van der Waals surface area contributed by atoms with E-state index in [4.69, 9.17) is 16.3 Å². The van der Waals surface area contributed by atoms with Crippen LogP contribution in [-0.4, -0.2) is 58.8 Å². The van der Waals surface area contributed by atoms with E-state index >= 15 is 0 Å². The van der Waals surface area contributed by atoms with Gasteiger partial charge in [-0.15, -0.1) is 0 Å². The Hall–Kier alpha value is -4.34. The molecule has 39 heavy (non-hydrogen) atoms. The molecule has 9 nitrogen and oxygen atoms in total. The van der Waals surface area contributed by atoms with Gasteiger partial charge < -0.3 is 20.3 Å². The zero-order valence-corrected chi connectivity index (χ0v) is 22.5. The summed E-state index contributed by atoms with van der Waals surface area (Å²) in [5.74, 6) is 0.369. The van der Waals surface area contributed by atoms with Crippen molar-refractivity contribution in [1.82, 2.24) is 19.9 Å². The van der Waals surface area contributed by atoms with Gasteiger partial charge in [-0.1, -0.05) is 24.2 Å². The molecule has 2 aromatic carbocycles. The van der Waals surface area contributed by atoms with Gasteiger partial charge in [0.25, 0.3) is 0 Å². The van der Waals surface area contributed by atoms with Crippen molar-refractivity contribution >= 4 is 51.4 Å². The minimum Gasteiger partial charge on any atom is -0.491 e. The van der Waals surface area contributed by atoms with Gasteiger partial charge in [0.2, 0.25) is 11.7 Å². The van der Waals surface area contributed by atoms with Crippen LogP contribution in [0.1, 0.15) is 28.9 Å². The van der Waals surface area contributed by atoms with Crippen LogP contribution < -0.4 is 15.4 Å². The number of pyridine rings is 1. The molecule has 0 aliphatic rings. The van der Waals surface area contributed by atoms with E-state index in [9.17, 15) is 9.59 Å². The Balaban J connectivity index is 1.60. The lowest BCUT2D eigenvalue weighted by Crippen LogP contribution is -2.14. The number of ether oxygens (including phenoxy) is 1. The summed E-state index contributed by atoms with van der Waals surface area (Å²) in [6.45, 7) is 5.00. The van der Waals surface area contributed by atoms with Gasteiger partial charge >= 0.3 is 0 Å². The van der Waals surface area contributed by atoms with Crippen LogP contribution in [0.4, 0.5) is 17.2 Å². The number of unbranched alkanes of at least 4 members (excludes halogenated alkanes) is 1. The number of ketones is 1. The molecule has 0 aliphatic heterocycles. The number of nitrogens with zero attached hydrogens (tertiary/aromatic N) is 4. The highest BCUT2D eigenvalue weighted by Crippen LogP contribution is 2.34. The molecule has 0 saturated carbocycles. The van der Waals surface area contributed by atoms with Crippen molar-refractivity contribution in [3.8, 4) is 5.75 Å². The van der Waals surface area contributed by atoms with Gasteiger partial charge in [-0.3, -0.25) is 14.6 Å². The van der Waals surface area contributed by atoms with E-state index in [0.29, 0.717) is 51.7 Å². The predicted octanol–water partition coefficient (Wildman–Crippen LogP) is 5.50. The SMILES string of the molecule is C=CC(=O)Nc1cc2c(Nc3ccc(C(=O)c4ccccn4)c(Cl)c3)ncnc2cc1OCCCCN(C)C. The quantitative estimate of drug-likeness (QED) is 0.137. The number of fused-ring (bicyclic) bond motifs is 1. The summed E-state index contributed by atoms with van der Waals surface area (Å²) in [6.07, 6.45) is 6.04. The molecule has 2 heterocycles. The number of carbonyl (C=O) groups excluding carboxylic acids is 2. The Morgan fingerprint density at radius 1 is 1.08 bits per heavy atom. The average Bonchev–Trinajstić information content (AvgIpc) is 2.93. The predicted molar refractivity (Wildman–Crippen MR) is 154 cm³/mol. The van der Waals surface area contributed by atoms with Crippen LogP contribution in [0.2, 0.25) is 5.02 Å². The van der Waals surface area contributed by atoms with Gasteiger partial charge in [0.05, 0.1) is 22.8 Å². The van der Waals surface area contributed by atoms with Crippen molar-refractivity contribution in [3.05, 3.63) is 90.0 Å². The van der Waals surface area contributed by atoms with Crippen LogP contribution in [0.5, 0.6) is 5.75 Å². The second kappa shape index (κ2) is 12.9. The number of nitrogens with one attached hydrogen (secondary N) is 2. The number of rotatable bonds is 12. The third kappa shape index (κ3) is 7.16. The molecule has 4 rings (SSSR count). The van der Waals surface area contributed by atoms with Crippen LogP contribution >= 0.6 is 11.6 Å². The van der Waals surface area contributed by atoms with Gasteiger partial charge in [-0.25, -0.2) is 9.97 Å². The van der Waals surface area contributed by atoms with Crippen LogP contribution in [0.3, 0.4) is 0 Å². The van der Waals surface area contributed by atoms with Crippen molar-refractivity contribution in [1.29, 1.82) is 0 Å². The fraction of sp³-hybridized carbons (Fsp3) is 0.207. The number of aromatic nitrogens is 3. The molecule has 2 aromatic heterocycles. The Kier molecular flexibility index (Phi) is 9.19. The van der Waals surface area contributed by atoms with Crippen molar-refractivity contribution in [3.63, 3.8) is 0 Å². The Morgan fingerprint density at radius 3 is 2.64 bits per heavy atom. The molecule has 0 radical (unpaired) electrons. The van der Waals surface area contributed by atoms with Crippen molar-refractivity contribution in [2.24, 2.45) is 0 Å². The summed E-state index contributed by atoms with van der Waals surface area (Å²) < 4.78 is 6.02. The first-order valence-electron chi connectivity index (χ1n) is 12.4. The topological polar surface area (TPSA) is 109 Å². The fourth-order valence-corrected chi connectivity index (χ4v) is 4.11. The molecular formula is C29H29ClN6O3. The average molecular weight is 545 g/mol. The lowest BCUT2D eigenvalue weighted by molar-refractivity contribution is -0.111. The monoisotopic (exact) mass is 544 g/mol. The van der Waals surface area contributed by atoms with E-state index < -0.39 is 0 Å². The zero-order valence-electron chi connectivity index (χ0n) is 21.8. The number of amides is 1. The molecule has 1 amide bonds. The Labute approximate surface area is 231 Å². The third-order valence-electron chi connectivity index (χ3n) is 5.81. The molecule has 4 aromatic rings. The van der Waals surface area contributed by atoms with Gasteiger partial charge in [0, 0.05) is 28.9 Å². The third-order valence-corrected chi connectivity index (χ3v) is 6.12. The van der Waals surface area contributed by atoms with E-state index in [1.54, 1.807) is 54.7 Å². The smallest absolute Gasteiger partial charge is 0.247 e. The van der Waals surface area contributed by atoms with E-state index in [0.717, 1.165) is 19.4 Å². The van der Waals surface area contributed by atoms with E-state index in [1.165, 1.54) is 12.4 Å². The minimum atomic E-state index is -0.363. The van der Waals surface area contributed by atoms with Gasteiger partial charge in [-0.05, 0) is 76.0 Å². The zero-order chi connectivity index (χ0) is 27.8. The summed E-state index contributed by atoms with van der Waals surface area (Å²) in [5, 5.41) is 6.98. The summed E-state index contributed by atoms with van der Waals surface area (Å²) in [4.78, 5) is 39.9. The van der Waals surface area contributed by atoms with E-state index in [-0.39, 0.29) is 16.7 Å². The molecule has 10 heteroatoms. The Bertz CT molecular complexity index is 1490. The first-order chi connectivity index (χ1) is 18.9. The molecule has 0 atom stereocenters. The fourth-order valence-electron chi connectivity index (χ4n) is 3.85. The summed E-state index contributed by atoms with van der Waals surface area (Å²) in [5.41, 5.74) is 2.38. The van der Waals surface area contributed by atoms with Crippen LogP contribution in [0.25, 0.3) is 10.9 Å². The summed E-state index contributed by atoms with van der Waals surface area (Å²) >= 11 is 6.47. The van der Waals surface area contributed by atoms with Crippen molar-refractivity contribution in [2.45, 2.75) is 12.8 Å². The second-order valence-electron chi connectivity index (χ2n) is 9.00. The summed E-state index contributed by atoms with van der Waals surface area (Å²) in [7, 11) is 4.06. The maximum absolute atomic E-state index is 12.8. The molecule has 0 unspecified atom stereocenters. The van der Waals surface area contributed by atoms with Gasteiger partial charge in [0.1, 0.15) is 23.6 Å². The molecule has 2 N–H and O–H groups in total. The lowest BCUT2D eigenvalue weighted by Gasteiger charge is -2.15. The maximum atomic E-state index is 12.8. The standard InChI is InChI=1S/C29H29ClN6O3/c1-4-27(37)35-25-16-21-24(17-26(25)39-14-8-7-13-36(2)3)32-18-33-29(21)34-19-10-11-20(22(30)15-19)28(38)23-9-5-6-12-31-23/h4-6,9-12,15-18H,1,7-8,13-14H2,2-3H3,(H,35,37)(H,32,33,34). The number of halogens is 1. The number of anilines is 3. The van der Waals surface area contributed by atoms with Gasteiger partial charge in [0.15, 0.2) is 0 Å². The normalized spacial score (nSPS) is 10.9. The molecule has 0 fully saturated rings. The molecular weight excluding hydrogens is 516 g/mol. The number of carbonyl (C=O) groups is 2. The highest BCUT2D eigenvalue weighted by Gasteiger charge is 2.16. The van der Waals surface area contributed by atoms with Crippen LogP contribution in [-0.2, 0) is 4.79 Å². The lowest BCUT2D eigenvalue weighted by atomic mass is 10.1.